The molecule has 138 valence electrons. The van der Waals surface area contributed by atoms with Gasteiger partial charge in [0.05, 0.1) is 21.8 Å². The van der Waals surface area contributed by atoms with E-state index in [2.05, 4.69) is 5.32 Å². The van der Waals surface area contributed by atoms with Crippen LogP contribution in [-0.4, -0.2) is 26.8 Å². The van der Waals surface area contributed by atoms with Crippen molar-refractivity contribution < 1.29 is 4.79 Å². The fourth-order valence-corrected chi connectivity index (χ4v) is 3.91. The Morgan fingerprint density at radius 3 is 2.63 bits per heavy atom. The highest BCUT2D eigenvalue weighted by molar-refractivity contribution is 8.00. The minimum Gasteiger partial charge on any atom is -0.352 e. The molecule has 0 bridgehead atoms. The standard InChI is InChI=1S/C21H21N3O2S/c1-13-7-3-6-10-18(13)24-20(26)16-8-4-5-9-17(16)23-21(24)27-14(2)19(25)22-15-11-12-15/h3-10,14-15H,11-12H2,1-2H3,(H,22,25)/t14-/m0/s1. The van der Waals surface area contributed by atoms with E-state index in [1.165, 1.54) is 11.8 Å². The molecular weight excluding hydrogens is 358 g/mol. The lowest BCUT2D eigenvalue weighted by Crippen LogP contribution is -2.33. The van der Waals surface area contributed by atoms with Crippen molar-refractivity contribution in [3.05, 3.63) is 64.4 Å². The molecule has 0 saturated heterocycles. The normalized spacial score (nSPS) is 14.9. The number of aromatic nitrogens is 2. The zero-order chi connectivity index (χ0) is 19.0. The number of benzene rings is 2. The average molecular weight is 379 g/mol. The van der Waals surface area contributed by atoms with Crippen molar-refractivity contribution in [1.29, 1.82) is 0 Å². The lowest BCUT2D eigenvalue weighted by Gasteiger charge is -2.17. The van der Waals surface area contributed by atoms with Gasteiger partial charge in [-0.3, -0.25) is 14.2 Å². The summed E-state index contributed by atoms with van der Waals surface area (Å²) in [6, 6.07) is 15.4. The maximum absolute atomic E-state index is 13.3. The Morgan fingerprint density at radius 1 is 1.19 bits per heavy atom. The van der Waals surface area contributed by atoms with E-state index in [-0.39, 0.29) is 16.7 Å². The van der Waals surface area contributed by atoms with E-state index in [1.807, 2.05) is 56.3 Å². The van der Waals surface area contributed by atoms with Gasteiger partial charge in [-0.1, -0.05) is 42.1 Å². The summed E-state index contributed by atoms with van der Waals surface area (Å²) in [7, 11) is 0. The third-order valence-electron chi connectivity index (χ3n) is 4.68. The summed E-state index contributed by atoms with van der Waals surface area (Å²) in [5, 5.41) is 3.79. The van der Waals surface area contributed by atoms with Gasteiger partial charge in [-0.15, -0.1) is 0 Å². The molecule has 2 aromatic carbocycles. The zero-order valence-electron chi connectivity index (χ0n) is 15.3. The topological polar surface area (TPSA) is 64.0 Å². The van der Waals surface area contributed by atoms with Crippen LogP contribution in [0.2, 0.25) is 0 Å². The SMILES string of the molecule is Cc1ccccc1-n1c(S[C@@H](C)C(=O)NC2CC2)nc2ccccc2c1=O. The van der Waals surface area contributed by atoms with Crippen molar-refractivity contribution in [3.8, 4) is 5.69 Å². The number of rotatable bonds is 5. The molecule has 1 saturated carbocycles. The molecule has 1 amide bonds. The summed E-state index contributed by atoms with van der Waals surface area (Å²) >= 11 is 1.32. The summed E-state index contributed by atoms with van der Waals surface area (Å²) in [5.74, 6) is -0.0127. The molecule has 0 radical (unpaired) electrons. The molecule has 0 unspecified atom stereocenters. The highest BCUT2D eigenvalue weighted by Crippen LogP contribution is 2.27. The second-order valence-corrected chi connectivity index (χ2v) is 8.19. The minimum atomic E-state index is -0.339. The van der Waals surface area contributed by atoms with Crippen LogP contribution in [0.3, 0.4) is 0 Å². The molecule has 5 nitrogen and oxygen atoms in total. The van der Waals surface area contributed by atoms with Crippen LogP contribution in [0.25, 0.3) is 16.6 Å². The molecule has 0 spiro atoms. The van der Waals surface area contributed by atoms with Gasteiger partial charge in [0.15, 0.2) is 5.16 Å². The van der Waals surface area contributed by atoms with Crippen molar-refractivity contribution in [2.75, 3.05) is 0 Å². The van der Waals surface area contributed by atoms with Crippen molar-refractivity contribution in [2.45, 2.75) is 43.1 Å². The summed E-state index contributed by atoms with van der Waals surface area (Å²) in [4.78, 5) is 30.4. The quantitative estimate of drug-likeness (QED) is 0.545. The van der Waals surface area contributed by atoms with Crippen molar-refractivity contribution in [3.63, 3.8) is 0 Å². The van der Waals surface area contributed by atoms with Crippen LogP contribution in [-0.2, 0) is 4.79 Å². The Morgan fingerprint density at radius 2 is 1.89 bits per heavy atom. The highest BCUT2D eigenvalue weighted by Gasteiger charge is 2.27. The molecule has 4 rings (SSSR count). The number of para-hydroxylation sites is 2. The van der Waals surface area contributed by atoms with Crippen LogP contribution in [0.1, 0.15) is 25.3 Å². The van der Waals surface area contributed by atoms with Crippen LogP contribution in [0.5, 0.6) is 0 Å². The number of nitrogens with one attached hydrogen (secondary N) is 1. The fourth-order valence-electron chi connectivity index (χ4n) is 2.98. The lowest BCUT2D eigenvalue weighted by atomic mass is 10.2. The summed E-state index contributed by atoms with van der Waals surface area (Å²) in [6.45, 7) is 3.82. The first kappa shape index (κ1) is 17.8. The number of carbonyl (C=O) groups is 1. The van der Waals surface area contributed by atoms with Gasteiger partial charge in [-0.25, -0.2) is 4.98 Å². The zero-order valence-corrected chi connectivity index (χ0v) is 16.1. The third kappa shape index (κ3) is 3.62. The van der Waals surface area contributed by atoms with Crippen LogP contribution in [0, 0.1) is 6.92 Å². The smallest absolute Gasteiger partial charge is 0.266 e. The first-order chi connectivity index (χ1) is 13.0. The molecule has 1 aliphatic rings. The van der Waals surface area contributed by atoms with Gasteiger partial charge in [0.2, 0.25) is 5.91 Å². The largest absolute Gasteiger partial charge is 0.352 e. The maximum Gasteiger partial charge on any atom is 0.266 e. The van der Waals surface area contributed by atoms with Gasteiger partial charge in [-0.05, 0) is 50.5 Å². The fraction of sp³-hybridized carbons (Fsp3) is 0.286. The van der Waals surface area contributed by atoms with E-state index in [1.54, 1.807) is 10.6 Å². The minimum absolute atomic E-state index is 0.0127. The second kappa shape index (κ2) is 7.19. The van der Waals surface area contributed by atoms with E-state index in [0.29, 0.717) is 22.1 Å². The second-order valence-electron chi connectivity index (χ2n) is 6.88. The number of aryl methyl sites for hydroxylation is 1. The van der Waals surface area contributed by atoms with Crippen molar-refractivity contribution in [1.82, 2.24) is 14.9 Å². The number of hydrogen-bond acceptors (Lipinski definition) is 4. The Balaban J connectivity index is 1.82. The number of nitrogens with zero attached hydrogens (tertiary/aromatic N) is 2. The molecule has 6 heteroatoms. The Kier molecular flexibility index (Phi) is 4.74. The van der Waals surface area contributed by atoms with Crippen LogP contribution in [0.4, 0.5) is 0 Å². The maximum atomic E-state index is 13.3. The Labute approximate surface area is 161 Å². The molecule has 1 aromatic heterocycles. The predicted molar refractivity (Wildman–Crippen MR) is 109 cm³/mol. The molecule has 1 atom stereocenters. The van der Waals surface area contributed by atoms with Gasteiger partial charge in [0.1, 0.15) is 0 Å². The number of carbonyl (C=O) groups excluding carboxylic acids is 1. The van der Waals surface area contributed by atoms with E-state index >= 15 is 0 Å². The number of thioether (sulfide) groups is 1. The summed E-state index contributed by atoms with van der Waals surface area (Å²) in [6.07, 6.45) is 2.09. The molecule has 3 aromatic rings. The van der Waals surface area contributed by atoms with Gasteiger partial charge in [-0.2, -0.15) is 0 Å². The molecule has 0 aliphatic heterocycles. The molecule has 1 fully saturated rings. The number of amides is 1. The van der Waals surface area contributed by atoms with Crippen molar-refractivity contribution in [2.24, 2.45) is 0 Å². The van der Waals surface area contributed by atoms with Crippen LogP contribution >= 0.6 is 11.8 Å². The molecule has 27 heavy (non-hydrogen) atoms. The Bertz CT molecular complexity index is 1070. The van der Waals surface area contributed by atoms with Crippen LogP contribution < -0.4 is 10.9 Å². The first-order valence-electron chi connectivity index (χ1n) is 9.09. The summed E-state index contributed by atoms with van der Waals surface area (Å²) < 4.78 is 1.63. The van der Waals surface area contributed by atoms with Crippen molar-refractivity contribution >= 4 is 28.6 Å². The van der Waals surface area contributed by atoms with Gasteiger partial charge in [0, 0.05) is 6.04 Å². The van der Waals surface area contributed by atoms with E-state index in [9.17, 15) is 9.59 Å². The van der Waals surface area contributed by atoms with Gasteiger partial charge in [0.25, 0.3) is 5.56 Å². The summed E-state index contributed by atoms with van der Waals surface area (Å²) in [5.41, 5.74) is 2.29. The monoisotopic (exact) mass is 379 g/mol. The molecule has 1 N–H and O–H groups in total. The Hall–Kier alpha value is -2.60. The number of fused-ring (bicyclic) bond motifs is 1. The van der Waals surface area contributed by atoms with Gasteiger partial charge < -0.3 is 5.32 Å². The van der Waals surface area contributed by atoms with E-state index in [0.717, 1.165) is 24.1 Å². The highest BCUT2D eigenvalue weighted by atomic mass is 32.2. The predicted octanol–water partition coefficient (Wildman–Crippen LogP) is 3.45. The van der Waals surface area contributed by atoms with E-state index < -0.39 is 0 Å². The van der Waals surface area contributed by atoms with Gasteiger partial charge >= 0.3 is 0 Å². The first-order valence-corrected chi connectivity index (χ1v) is 9.97. The third-order valence-corrected chi connectivity index (χ3v) is 5.73. The van der Waals surface area contributed by atoms with E-state index in [4.69, 9.17) is 4.98 Å². The number of hydrogen-bond donors (Lipinski definition) is 1. The van der Waals surface area contributed by atoms with Crippen LogP contribution in [0.15, 0.2) is 58.5 Å². The molecule has 1 aliphatic carbocycles. The average Bonchev–Trinajstić information content (AvgIpc) is 3.47. The molecule has 1 heterocycles. The lowest BCUT2D eigenvalue weighted by molar-refractivity contribution is -0.120. The molecular formula is C21H21N3O2S.